The highest BCUT2D eigenvalue weighted by atomic mass is 35.5. The van der Waals surface area contributed by atoms with Crippen molar-refractivity contribution in [1.82, 2.24) is 25.4 Å². The zero-order chi connectivity index (χ0) is 13.4. The average Bonchev–Trinajstić information content (AvgIpc) is 3.14. The molecule has 2 fully saturated rings. The molecule has 0 amide bonds. The summed E-state index contributed by atoms with van der Waals surface area (Å²) in [6.07, 6.45) is 11.3. The summed E-state index contributed by atoms with van der Waals surface area (Å²) in [6.45, 7) is 0. The highest BCUT2D eigenvalue weighted by Crippen LogP contribution is 2.38. The van der Waals surface area contributed by atoms with Crippen LogP contribution in [0.3, 0.4) is 0 Å². The third-order valence-corrected chi connectivity index (χ3v) is 4.39. The Bertz CT molecular complexity index is 576. The Morgan fingerprint density at radius 2 is 2.10 bits per heavy atom. The summed E-state index contributed by atoms with van der Waals surface area (Å²) in [7, 11) is 0. The van der Waals surface area contributed by atoms with Crippen molar-refractivity contribution in [2.75, 3.05) is 0 Å². The Balaban J connectivity index is 0.00000132. The molecular weight excluding hydrogens is 290 g/mol. The van der Waals surface area contributed by atoms with Gasteiger partial charge in [-0.25, -0.2) is 4.98 Å². The minimum atomic E-state index is 0. The van der Waals surface area contributed by atoms with Crippen LogP contribution in [-0.4, -0.2) is 26.2 Å². The average molecular weight is 308 g/mol. The predicted molar refractivity (Wildman–Crippen MR) is 78.8 cm³/mol. The minimum absolute atomic E-state index is 0. The zero-order valence-corrected chi connectivity index (χ0v) is 12.4. The van der Waals surface area contributed by atoms with E-state index in [-0.39, 0.29) is 18.4 Å². The maximum Gasteiger partial charge on any atom is 0.244 e. The van der Waals surface area contributed by atoms with Gasteiger partial charge in [0.15, 0.2) is 0 Å². The van der Waals surface area contributed by atoms with Crippen LogP contribution >= 0.6 is 12.4 Å². The maximum absolute atomic E-state index is 5.42. The third kappa shape index (κ3) is 2.78. The number of nitrogens with one attached hydrogen (secondary N) is 1. The molecule has 6 nitrogen and oxygen atoms in total. The van der Waals surface area contributed by atoms with Crippen LogP contribution in [0.25, 0.3) is 11.5 Å². The van der Waals surface area contributed by atoms with Crippen molar-refractivity contribution in [2.45, 2.75) is 44.2 Å². The molecule has 1 saturated carbocycles. The molecule has 3 unspecified atom stereocenters. The first-order valence-electron chi connectivity index (χ1n) is 7.26. The summed E-state index contributed by atoms with van der Waals surface area (Å²) in [4.78, 5) is 12.7. The molecule has 1 aliphatic carbocycles. The SMILES string of the molecule is Cl.c1cnc(-c2noc(C3CC4CCCCC4N3)n2)cn1. The lowest BCUT2D eigenvalue weighted by atomic mass is 9.85. The van der Waals surface area contributed by atoms with E-state index in [0.717, 1.165) is 12.3 Å². The van der Waals surface area contributed by atoms with E-state index in [0.29, 0.717) is 23.5 Å². The van der Waals surface area contributed by atoms with Gasteiger partial charge in [0.05, 0.1) is 12.2 Å². The van der Waals surface area contributed by atoms with E-state index in [1.54, 1.807) is 18.6 Å². The van der Waals surface area contributed by atoms with E-state index in [1.165, 1.54) is 25.7 Å². The van der Waals surface area contributed by atoms with Crippen molar-refractivity contribution in [2.24, 2.45) is 5.92 Å². The van der Waals surface area contributed by atoms with Gasteiger partial charge in [0.25, 0.3) is 0 Å². The van der Waals surface area contributed by atoms with Crippen molar-refractivity contribution >= 4 is 12.4 Å². The lowest BCUT2D eigenvalue weighted by molar-refractivity contribution is 0.324. The third-order valence-electron chi connectivity index (χ3n) is 4.39. The Labute approximate surface area is 129 Å². The first-order valence-corrected chi connectivity index (χ1v) is 7.26. The van der Waals surface area contributed by atoms with Crippen molar-refractivity contribution in [3.8, 4) is 11.5 Å². The summed E-state index contributed by atoms with van der Waals surface area (Å²) in [5.74, 6) is 1.96. The molecule has 4 rings (SSSR count). The Morgan fingerprint density at radius 1 is 1.19 bits per heavy atom. The smallest absolute Gasteiger partial charge is 0.244 e. The van der Waals surface area contributed by atoms with Crippen LogP contribution in [0.4, 0.5) is 0 Å². The van der Waals surface area contributed by atoms with Crippen LogP contribution in [0.2, 0.25) is 0 Å². The topological polar surface area (TPSA) is 76.7 Å². The van der Waals surface area contributed by atoms with Gasteiger partial charge in [-0.1, -0.05) is 18.0 Å². The number of aromatic nitrogens is 4. The first kappa shape index (κ1) is 14.4. The Morgan fingerprint density at radius 3 is 2.90 bits per heavy atom. The maximum atomic E-state index is 5.42. The molecular formula is C14H18ClN5O. The number of rotatable bonds is 2. The van der Waals surface area contributed by atoms with Gasteiger partial charge in [-0.2, -0.15) is 4.98 Å². The van der Waals surface area contributed by atoms with Gasteiger partial charge in [-0.05, 0) is 25.2 Å². The Hall–Kier alpha value is -1.53. The van der Waals surface area contributed by atoms with Gasteiger partial charge >= 0.3 is 0 Å². The molecule has 3 heterocycles. The monoisotopic (exact) mass is 307 g/mol. The van der Waals surface area contributed by atoms with Gasteiger partial charge < -0.3 is 9.84 Å². The molecule has 1 saturated heterocycles. The molecule has 1 N–H and O–H groups in total. The van der Waals surface area contributed by atoms with E-state index in [1.807, 2.05) is 0 Å². The Kier molecular flexibility index (Phi) is 4.17. The van der Waals surface area contributed by atoms with E-state index < -0.39 is 0 Å². The fourth-order valence-electron chi connectivity index (χ4n) is 3.41. The van der Waals surface area contributed by atoms with Crippen LogP contribution in [0.5, 0.6) is 0 Å². The summed E-state index contributed by atoms with van der Waals surface area (Å²) < 4.78 is 5.42. The molecule has 21 heavy (non-hydrogen) atoms. The number of halogens is 1. The van der Waals surface area contributed by atoms with E-state index >= 15 is 0 Å². The lowest BCUT2D eigenvalue weighted by Gasteiger charge is -2.24. The van der Waals surface area contributed by atoms with Crippen molar-refractivity contribution in [3.63, 3.8) is 0 Å². The summed E-state index contributed by atoms with van der Waals surface area (Å²) >= 11 is 0. The quantitative estimate of drug-likeness (QED) is 0.918. The highest BCUT2D eigenvalue weighted by molar-refractivity contribution is 5.85. The number of hydrogen-bond donors (Lipinski definition) is 1. The van der Waals surface area contributed by atoms with Crippen LogP contribution in [0.15, 0.2) is 23.1 Å². The van der Waals surface area contributed by atoms with Crippen molar-refractivity contribution < 1.29 is 4.52 Å². The normalized spacial score (nSPS) is 27.9. The van der Waals surface area contributed by atoms with Crippen LogP contribution in [0.1, 0.15) is 44.0 Å². The molecule has 0 spiro atoms. The van der Waals surface area contributed by atoms with Crippen LogP contribution in [0, 0.1) is 5.92 Å². The predicted octanol–water partition coefficient (Wildman–Crippen LogP) is 2.54. The fraction of sp³-hybridized carbons (Fsp3) is 0.571. The van der Waals surface area contributed by atoms with Gasteiger partial charge in [0.2, 0.25) is 11.7 Å². The molecule has 2 aromatic rings. The second-order valence-corrected chi connectivity index (χ2v) is 5.65. The number of hydrogen-bond acceptors (Lipinski definition) is 6. The molecule has 3 atom stereocenters. The van der Waals surface area contributed by atoms with Gasteiger partial charge in [0.1, 0.15) is 5.69 Å². The van der Waals surface area contributed by atoms with Crippen LogP contribution in [-0.2, 0) is 0 Å². The molecule has 1 aliphatic heterocycles. The van der Waals surface area contributed by atoms with Gasteiger partial charge in [0, 0.05) is 18.4 Å². The lowest BCUT2D eigenvalue weighted by Crippen LogP contribution is -2.30. The largest absolute Gasteiger partial charge is 0.337 e. The number of nitrogens with zero attached hydrogens (tertiary/aromatic N) is 4. The molecule has 2 aromatic heterocycles. The van der Waals surface area contributed by atoms with Gasteiger partial charge in [-0.15, -0.1) is 12.4 Å². The first-order chi connectivity index (χ1) is 9.90. The summed E-state index contributed by atoms with van der Waals surface area (Å²) in [5.41, 5.74) is 0.651. The summed E-state index contributed by atoms with van der Waals surface area (Å²) in [6, 6.07) is 0.821. The van der Waals surface area contributed by atoms with Crippen molar-refractivity contribution in [1.29, 1.82) is 0 Å². The van der Waals surface area contributed by atoms with Crippen molar-refractivity contribution in [3.05, 3.63) is 24.5 Å². The molecule has 0 radical (unpaired) electrons. The number of fused-ring (bicyclic) bond motifs is 1. The molecule has 2 aliphatic rings. The zero-order valence-electron chi connectivity index (χ0n) is 11.6. The molecule has 7 heteroatoms. The standard InChI is InChI=1S/C14H17N5O.ClH/c1-2-4-10-9(3-1)7-11(17-10)14-18-13(19-20-14)12-8-15-5-6-16-12;/h5-6,8-11,17H,1-4,7H2;1H. The van der Waals surface area contributed by atoms with Gasteiger partial charge in [-0.3, -0.25) is 4.98 Å². The van der Waals surface area contributed by atoms with E-state index in [9.17, 15) is 0 Å². The molecule has 0 bridgehead atoms. The minimum Gasteiger partial charge on any atom is -0.337 e. The summed E-state index contributed by atoms with van der Waals surface area (Å²) in [5, 5.41) is 7.66. The fourth-order valence-corrected chi connectivity index (χ4v) is 3.41. The molecule has 112 valence electrons. The molecule has 0 aromatic carbocycles. The second-order valence-electron chi connectivity index (χ2n) is 5.65. The van der Waals surface area contributed by atoms with E-state index in [2.05, 4.69) is 25.4 Å². The van der Waals surface area contributed by atoms with E-state index in [4.69, 9.17) is 4.52 Å². The second kappa shape index (κ2) is 6.07. The van der Waals surface area contributed by atoms with Crippen LogP contribution < -0.4 is 5.32 Å². The highest BCUT2D eigenvalue weighted by Gasteiger charge is 2.38.